The fraction of sp³-hybridized carbons (Fsp3) is 0.429. The van der Waals surface area contributed by atoms with Gasteiger partial charge in [0.1, 0.15) is 0 Å². The summed E-state index contributed by atoms with van der Waals surface area (Å²) in [5.74, 6) is 0. The Labute approximate surface area is 159 Å². The second kappa shape index (κ2) is 8.84. The van der Waals surface area contributed by atoms with Crippen LogP contribution in [0.1, 0.15) is 18.4 Å². The van der Waals surface area contributed by atoms with Crippen molar-refractivity contribution in [3.05, 3.63) is 64.6 Å². The zero-order chi connectivity index (χ0) is 17.5. The number of methoxy groups -OCH3 is 1. The molecular weight excluding hydrogens is 376 g/mol. The Balaban J connectivity index is 1.55. The van der Waals surface area contributed by atoms with Crippen molar-refractivity contribution >= 4 is 21.6 Å². The van der Waals surface area contributed by atoms with Crippen LogP contribution in [0.3, 0.4) is 0 Å². The smallest absolute Gasteiger partial charge is 0.0693 e. The van der Waals surface area contributed by atoms with Crippen molar-refractivity contribution in [3.63, 3.8) is 0 Å². The summed E-state index contributed by atoms with van der Waals surface area (Å²) in [4.78, 5) is 2.57. The maximum absolute atomic E-state index is 5.55. The van der Waals surface area contributed by atoms with Crippen LogP contribution in [0.5, 0.6) is 0 Å². The maximum Gasteiger partial charge on any atom is 0.0693 e. The number of hydrogen-bond acceptors (Lipinski definition) is 3. The minimum absolute atomic E-state index is 0.0416. The van der Waals surface area contributed by atoms with Crippen LogP contribution in [0.4, 0.5) is 5.69 Å². The van der Waals surface area contributed by atoms with E-state index in [0.717, 1.165) is 45.5 Å². The van der Waals surface area contributed by atoms with Crippen LogP contribution >= 0.6 is 15.9 Å². The maximum atomic E-state index is 5.55. The summed E-state index contributed by atoms with van der Waals surface area (Å²) in [5.41, 5.74) is 2.61. The molecule has 0 saturated carbocycles. The average Bonchev–Trinajstić information content (AvgIpc) is 2.64. The number of rotatable bonds is 7. The molecule has 0 amide bonds. The van der Waals surface area contributed by atoms with Gasteiger partial charge in [-0.2, -0.15) is 0 Å². The molecule has 25 heavy (non-hydrogen) atoms. The molecule has 1 aliphatic rings. The zero-order valence-electron chi connectivity index (χ0n) is 14.9. The number of likely N-dealkylation sites (tertiary alicyclic amines) is 1. The molecule has 2 aromatic carbocycles. The number of para-hydroxylation sites is 1. The molecular formula is C21H27BrN2O. The van der Waals surface area contributed by atoms with E-state index in [1.54, 1.807) is 7.11 Å². The first-order valence-corrected chi connectivity index (χ1v) is 9.78. The van der Waals surface area contributed by atoms with Crippen molar-refractivity contribution in [3.8, 4) is 0 Å². The van der Waals surface area contributed by atoms with Crippen molar-refractivity contribution in [2.24, 2.45) is 0 Å². The Morgan fingerprint density at radius 1 is 1.04 bits per heavy atom. The summed E-state index contributed by atoms with van der Waals surface area (Å²) < 4.78 is 6.76. The van der Waals surface area contributed by atoms with Gasteiger partial charge in [-0.3, -0.25) is 0 Å². The highest BCUT2D eigenvalue weighted by molar-refractivity contribution is 9.10. The van der Waals surface area contributed by atoms with E-state index in [0.29, 0.717) is 0 Å². The third kappa shape index (κ3) is 5.06. The van der Waals surface area contributed by atoms with Crippen LogP contribution in [0.2, 0.25) is 0 Å². The average molecular weight is 403 g/mol. The van der Waals surface area contributed by atoms with E-state index in [2.05, 4.69) is 80.7 Å². The second-order valence-corrected chi connectivity index (χ2v) is 7.74. The number of piperidine rings is 1. The molecule has 0 aromatic heterocycles. The first kappa shape index (κ1) is 18.4. The van der Waals surface area contributed by atoms with Crippen molar-refractivity contribution < 1.29 is 4.74 Å². The first-order valence-electron chi connectivity index (χ1n) is 8.99. The van der Waals surface area contributed by atoms with Crippen molar-refractivity contribution in [2.45, 2.75) is 24.8 Å². The number of anilines is 1. The van der Waals surface area contributed by atoms with Gasteiger partial charge in [-0.1, -0.05) is 52.3 Å². The molecule has 0 atom stereocenters. The Kier molecular flexibility index (Phi) is 6.51. The van der Waals surface area contributed by atoms with E-state index < -0.39 is 0 Å². The highest BCUT2D eigenvalue weighted by atomic mass is 79.9. The number of nitrogens with one attached hydrogen (secondary N) is 1. The van der Waals surface area contributed by atoms with E-state index in [9.17, 15) is 0 Å². The molecule has 1 saturated heterocycles. The van der Waals surface area contributed by atoms with Crippen molar-refractivity contribution in [2.75, 3.05) is 38.7 Å². The van der Waals surface area contributed by atoms with Crippen LogP contribution in [-0.2, 0) is 11.2 Å². The molecule has 0 radical (unpaired) electrons. The van der Waals surface area contributed by atoms with Gasteiger partial charge in [0.25, 0.3) is 0 Å². The SMILES string of the molecule is COCC1(Nc2ccccc2)CCN(CCc2ccccc2Br)CC1. The Bertz CT molecular complexity index is 654. The lowest BCUT2D eigenvalue weighted by atomic mass is 9.87. The number of benzene rings is 2. The Hall–Kier alpha value is -1.36. The van der Waals surface area contributed by atoms with Gasteiger partial charge in [-0.25, -0.2) is 0 Å². The molecule has 3 nitrogen and oxygen atoms in total. The fourth-order valence-corrected chi connectivity index (χ4v) is 4.08. The van der Waals surface area contributed by atoms with Gasteiger partial charge >= 0.3 is 0 Å². The van der Waals surface area contributed by atoms with Gasteiger partial charge in [-0.05, 0) is 43.0 Å². The number of ether oxygens (including phenoxy) is 1. The molecule has 0 bridgehead atoms. The van der Waals surface area contributed by atoms with Gasteiger partial charge in [0.15, 0.2) is 0 Å². The molecule has 3 rings (SSSR count). The van der Waals surface area contributed by atoms with Crippen LogP contribution in [0.25, 0.3) is 0 Å². The van der Waals surface area contributed by atoms with Gasteiger partial charge in [0.05, 0.1) is 12.1 Å². The summed E-state index contributed by atoms with van der Waals surface area (Å²) in [7, 11) is 1.80. The summed E-state index contributed by atoms with van der Waals surface area (Å²) >= 11 is 3.65. The van der Waals surface area contributed by atoms with Crippen molar-refractivity contribution in [1.82, 2.24) is 4.90 Å². The number of hydrogen-bond donors (Lipinski definition) is 1. The van der Waals surface area contributed by atoms with E-state index >= 15 is 0 Å². The second-order valence-electron chi connectivity index (χ2n) is 6.89. The third-order valence-corrected chi connectivity index (χ3v) is 5.85. The van der Waals surface area contributed by atoms with Gasteiger partial charge in [0, 0.05) is 36.9 Å². The van der Waals surface area contributed by atoms with Crippen LogP contribution in [-0.4, -0.2) is 43.8 Å². The summed E-state index contributed by atoms with van der Waals surface area (Å²) in [6, 6.07) is 19.0. The lowest BCUT2D eigenvalue weighted by molar-refractivity contribution is 0.0891. The first-order chi connectivity index (χ1) is 12.2. The van der Waals surface area contributed by atoms with E-state index in [4.69, 9.17) is 4.74 Å². The highest BCUT2D eigenvalue weighted by Gasteiger charge is 2.34. The molecule has 1 fully saturated rings. The molecule has 134 valence electrons. The van der Waals surface area contributed by atoms with Gasteiger partial charge in [-0.15, -0.1) is 0 Å². The Morgan fingerprint density at radius 3 is 2.40 bits per heavy atom. The predicted molar refractivity (Wildman–Crippen MR) is 108 cm³/mol. The van der Waals surface area contributed by atoms with E-state index in [-0.39, 0.29) is 5.54 Å². The number of halogens is 1. The van der Waals surface area contributed by atoms with Crippen molar-refractivity contribution in [1.29, 1.82) is 0 Å². The molecule has 1 N–H and O–H groups in total. The van der Waals surface area contributed by atoms with Crippen LogP contribution in [0, 0.1) is 0 Å². The zero-order valence-corrected chi connectivity index (χ0v) is 16.5. The normalized spacial score (nSPS) is 17.4. The summed E-state index contributed by atoms with van der Waals surface area (Å²) in [5, 5.41) is 3.74. The summed E-state index contributed by atoms with van der Waals surface area (Å²) in [6.07, 6.45) is 3.29. The lowest BCUT2D eigenvalue weighted by Crippen LogP contribution is -2.52. The molecule has 1 heterocycles. The quantitative estimate of drug-likeness (QED) is 0.732. The highest BCUT2D eigenvalue weighted by Crippen LogP contribution is 2.28. The van der Waals surface area contributed by atoms with E-state index in [1.165, 1.54) is 15.7 Å². The predicted octanol–water partition coefficient (Wildman–Crippen LogP) is 4.58. The molecule has 0 aliphatic carbocycles. The molecule has 0 spiro atoms. The molecule has 1 aliphatic heterocycles. The van der Waals surface area contributed by atoms with Gasteiger partial charge in [0.2, 0.25) is 0 Å². The molecule has 0 unspecified atom stereocenters. The third-order valence-electron chi connectivity index (χ3n) is 5.07. The molecule has 4 heteroatoms. The Morgan fingerprint density at radius 2 is 1.72 bits per heavy atom. The standard InChI is InChI=1S/C21H27BrN2O/c1-25-17-21(23-19-8-3-2-4-9-19)12-15-24(16-13-21)14-11-18-7-5-6-10-20(18)22/h2-10,23H,11-17H2,1H3. The monoisotopic (exact) mass is 402 g/mol. The minimum atomic E-state index is 0.0416. The largest absolute Gasteiger partial charge is 0.382 e. The minimum Gasteiger partial charge on any atom is -0.382 e. The topological polar surface area (TPSA) is 24.5 Å². The molecule has 2 aromatic rings. The van der Waals surface area contributed by atoms with E-state index in [1.807, 2.05) is 0 Å². The van der Waals surface area contributed by atoms with Crippen LogP contribution in [0.15, 0.2) is 59.1 Å². The summed E-state index contributed by atoms with van der Waals surface area (Å²) in [6.45, 7) is 4.07. The van der Waals surface area contributed by atoms with Gasteiger partial charge < -0.3 is 15.0 Å². The lowest BCUT2D eigenvalue weighted by Gasteiger charge is -2.42. The number of nitrogens with zero attached hydrogens (tertiary/aromatic N) is 1. The fourth-order valence-electron chi connectivity index (χ4n) is 3.59. The van der Waals surface area contributed by atoms with Crippen LogP contribution < -0.4 is 5.32 Å².